The monoisotopic (exact) mass is 181 g/mol. The Balaban J connectivity index is 2.89. The number of primary amides is 1. The van der Waals surface area contributed by atoms with Gasteiger partial charge in [0.1, 0.15) is 5.75 Å². The standard InChI is InChI=1S/C8H11N3O2/c9-4-5-1-2-6(3-7(5)12)11-8(10)13/h1-3,12H,4,9H2,(H3,10,11,13). The van der Waals surface area contributed by atoms with Crippen molar-refractivity contribution in [1.82, 2.24) is 0 Å². The molecule has 0 heterocycles. The van der Waals surface area contributed by atoms with Gasteiger partial charge in [-0.3, -0.25) is 0 Å². The summed E-state index contributed by atoms with van der Waals surface area (Å²) < 4.78 is 0. The van der Waals surface area contributed by atoms with Crippen LogP contribution in [0.1, 0.15) is 5.56 Å². The summed E-state index contributed by atoms with van der Waals surface area (Å²) >= 11 is 0. The zero-order chi connectivity index (χ0) is 9.84. The van der Waals surface area contributed by atoms with E-state index in [0.29, 0.717) is 11.3 Å². The van der Waals surface area contributed by atoms with E-state index in [1.807, 2.05) is 0 Å². The first-order valence-electron chi connectivity index (χ1n) is 3.72. The molecule has 0 saturated heterocycles. The van der Waals surface area contributed by atoms with E-state index in [0.717, 1.165) is 0 Å². The lowest BCUT2D eigenvalue weighted by atomic mass is 10.2. The Bertz CT molecular complexity index is 325. The van der Waals surface area contributed by atoms with Crippen molar-refractivity contribution in [2.75, 3.05) is 5.32 Å². The minimum absolute atomic E-state index is 0.0498. The molecule has 0 fully saturated rings. The van der Waals surface area contributed by atoms with Crippen LogP contribution in [0.15, 0.2) is 18.2 Å². The summed E-state index contributed by atoms with van der Waals surface area (Å²) in [6, 6.07) is 3.97. The summed E-state index contributed by atoms with van der Waals surface area (Å²) in [5, 5.41) is 11.7. The van der Waals surface area contributed by atoms with Crippen LogP contribution in [0.25, 0.3) is 0 Å². The second-order valence-electron chi connectivity index (χ2n) is 2.54. The van der Waals surface area contributed by atoms with E-state index in [4.69, 9.17) is 11.5 Å². The van der Waals surface area contributed by atoms with Crippen molar-refractivity contribution in [2.24, 2.45) is 11.5 Å². The third-order valence-electron chi connectivity index (χ3n) is 1.57. The highest BCUT2D eigenvalue weighted by molar-refractivity contribution is 5.88. The fourth-order valence-electron chi connectivity index (χ4n) is 0.956. The molecule has 0 aliphatic carbocycles. The molecule has 0 unspecified atom stereocenters. The van der Waals surface area contributed by atoms with Crippen molar-refractivity contribution >= 4 is 11.7 Å². The number of aromatic hydroxyl groups is 1. The Morgan fingerprint density at radius 1 is 1.54 bits per heavy atom. The molecule has 0 atom stereocenters. The van der Waals surface area contributed by atoms with Crippen LogP contribution in [0, 0.1) is 0 Å². The first-order valence-corrected chi connectivity index (χ1v) is 3.72. The molecule has 1 rings (SSSR count). The highest BCUT2D eigenvalue weighted by atomic mass is 16.3. The minimum Gasteiger partial charge on any atom is -0.508 e. The number of benzene rings is 1. The number of anilines is 1. The van der Waals surface area contributed by atoms with Crippen LogP contribution in [0.3, 0.4) is 0 Å². The molecule has 0 aliphatic rings. The van der Waals surface area contributed by atoms with Crippen LogP contribution in [-0.4, -0.2) is 11.1 Å². The van der Waals surface area contributed by atoms with Crippen molar-refractivity contribution in [3.05, 3.63) is 23.8 Å². The summed E-state index contributed by atoms with van der Waals surface area (Å²) in [5.41, 5.74) is 11.3. The van der Waals surface area contributed by atoms with Crippen molar-refractivity contribution in [3.63, 3.8) is 0 Å². The number of urea groups is 1. The molecule has 0 radical (unpaired) electrons. The number of phenolic OH excluding ortho intramolecular Hbond substituents is 1. The predicted molar refractivity (Wildman–Crippen MR) is 49.2 cm³/mol. The van der Waals surface area contributed by atoms with E-state index in [9.17, 15) is 9.90 Å². The van der Waals surface area contributed by atoms with Gasteiger partial charge in [-0.2, -0.15) is 0 Å². The molecular weight excluding hydrogens is 170 g/mol. The van der Waals surface area contributed by atoms with E-state index >= 15 is 0 Å². The second kappa shape index (κ2) is 3.77. The normalized spacial score (nSPS) is 9.62. The number of phenols is 1. The molecule has 13 heavy (non-hydrogen) atoms. The number of carbonyl (C=O) groups excluding carboxylic acids is 1. The summed E-state index contributed by atoms with van der Waals surface area (Å²) in [6.07, 6.45) is 0. The van der Waals surface area contributed by atoms with Crippen molar-refractivity contribution in [1.29, 1.82) is 0 Å². The fraction of sp³-hybridized carbons (Fsp3) is 0.125. The average Bonchev–Trinajstić information content (AvgIpc) is 2.03. The molecule has 0 bridgehead atoms. The number of amides is 2. The summed E-state index contributed by atoms with van der Waals surface area (Å²) in [7, 11) is 0. The minimum atomic E-state index is -0.667. The van der Waals surface area contributed by atoms with Gasteiger partial charge in [0.15, 0.2) is 0 Å². The molecule has 6 N–H and O–H groups in total. The van der Waals surface area contributed by atoms with Gasteiger partial charge in [-0.25, -0.2) is 4.79 Å². The molecule has 1 aromatic rings. The smallest absolute Gasteiger partial charge is 0.316 e. The number of nitrogens with two attached hydrogens (primary N) is 2. The van der Waals surface area contributed by atoms with E-state index in [2.05, 4.69) is 5.32 Å². The fourth-order valence-corrected chi connectivity index (χ4v) is 0.956. The van der Waals surface area contributed by atoms with E-state index in [1.54, 1.807) is 12.1 Å². The molecule has 1 aromatic carbocycles. The summed E-state index contributed by atoms with van der Waals surface area (Å²) in [5.74, 6) is 0.0498. The van der Waals surface area contributed by atoms with Crippen molar-refractivity contribution in [2.45, 2.75) is 6.54 Å². The van der Waals surface area contributed by atoms with Gasteiger partial charge in [-0.05, 0) is 6.07 Å². The van der Waals surface area contributed by atoms with Crippen molar-refractivity contribution in [3.8, 4) is 5.75 Å². The van der Waals surface area contributed by atoms with Crippen LogP contribution in [-0.2, 0) is 6.54 Å². The van der Waals surface area contributed by atoms with Gasteiger partial charge >= 0.3 is 6.03 Å². The Labute approximate surface area is 75.3 Å². The Hall–Kier alpha value is -1.75. The molecule has 2 amide bonds. The molecule has 5 heteroatoms. The van der Waals surface area contributed by atoms with Crippen LogP contribution < -0.4 is 16.8 Å². The van der Waals surface area contributed by atoms with Gasteiger partial charge in [0, 0.05) is 23.9 Å². The Morgan fingerprint density at radius 3 is 2.69 bits per heavy atom. The summed E-state index contributed by atoms with van der Waals surface area (Å²) in [4.78, 5) is 10.4. The molecule has 0 spiro atoms. The van der Waals surface area contributed by atoms with Gasteiger partial charge in [0.25, 0.3) is 0 Å². The quantitative estimate of drug-likeness (QED) is 0.529. The van der Waals surface area contributed by atoms with Gasteiger partial charge < -0.3 is 21.9 Å². The van der Waals surface area contributed by atoms with Crippen LogP contribution in [0.2, 0.25) is 0 Å². The van der Waals surface area contributed by atoms with E-state index < -0.39 is 6.03 Å². The van der Waals surface area contributed by atoms with Crippen molar-refractivity contribution < 1.29 is 9.90 Å². The van der Waals surface area contributed by atoms with Crippen LogP contribution >= 0.6 is 0 Å². The zero-order valence-electron chi connectivity index (χ0n) is 6.95. The van der Waals surface area contributed by atoms with Gasteiger partial charge in [0.05, 0.1) is 0 Å². The molecular formula is C8H11N3O2. The van der Waals surface area contributed by atoms with E-state index in [1.165, 1.54) is 6.07 Å². The Kier molecular flexibility index (Phi) is 2.71. The lowest BCUT2D eigenvalue weighted by molar-refractivity contribution is 0.259. The van der Waals surface area contributed by atoms with Crippen LogP contribution in [0.4, 0.5) is 10.5 Å². The highest BCUT2D eigenvalue weighted by Crippen LogP contribution is 2.20. The maximum absolute atomic E-state index is 10.4. The maximum atomic E-state index is 10.4. The third-order valence-corrected chi connectivity index (χ3v) is 1.57. The van der Waals surface area contributed by atoms with Gasteiger partial charge in [0.2, 0.25) is 0 Å². The first kappa shape index (κ1) is 9.34. The topological polar surface area (TPSA) is 101 Å². The number of nitrogens with one attached hydrogen (secondary N) is 1. The van der Waals surface area contributed by atoms with E-state index in [-0.39, 0.29) is 12.3 Å². The van der Waals surface area contributed by atoms with Gasteiger partial charge in [-0.1, -0.05) is 6.07 Å². The number of carbonyl (C=O) groups is 1. The number of hydrogen-bond acceptors (Lipinski definition) is 3. The molecule has 70 valence electrons. The highest BCUT2D eigenvalue weighted by Gasteiger charge is 2.01. The molecule has 0 saturated carbocycles. The lowest BCUT2D eigenvalue weighted by Crippen LogP contribution is -2.19. The average molecular weight is 181 g/mol. The second-order valence-corrected chi connectivity index (χ2v) is 2.54. The first-order chi connectivity index (χ1) is 6.13. The third kappa shape index (κ3) is 2.34. The maximum Gasteiger partial charge on any atom is 0.316 e. The van der Waals surface area contributed by atoms with Gasteiger partial charge in [-0.15, -0.1) is 0 Å². The lowest BCUT2D eigenvalue weighted by Gasteiger charge is -2.05. The number of rotatable bonds is 2. The molecule has 5 nitrogen and oxygen atoms in total. The predicted octanol–water partition coefficient (Wildman–Crippen LogP) is 0.341. The largest absolute Gasteiger partial charge is 0.508 e. The Morgan fingerprint density at radius 2 is 2.23 bits per heavy atom. The number of hydrogen-bond donors (Lipinski definition) is 4. The molecule has 0 aliphatic heterocycles. The summed E-state index contributed by atoms with van der Waals surface area (Å²) in [6.45, 7) is 0.253. The SMILES string of the molecule is NCc1ccc(NC(N)=O)cc1O. The zero-order valence-corrected chi connectivity index (χ0v) is 6.95. The molecule has 0 aromatic heterocycles. The van der Waals surface area contributed by atoms with Crippen LogP contribution in [0.5, 0.6) is 5.75 Å².